The zero-order valence-corrected chi connectivity index (χ0v) is 17.0. The van der Waals surface area contributed by atoms with E-state index in [4.69, 9.17) is 17.3 Å². The van der Waals surface area contributed by atoms with Crippen LogP contribution in [0.25, 0.3) is 0 Å². The van der Waals surface area contributed by atoms with Gasteiger partial charge < -0.3 is 15.5 Å². The molecule has 2 heterocycles. The third-order valence-corrected chi connectivity index (χ3v) is 6.02. The first kappa shape index (κ1) is 19.1. The minimum Gasteiger partial charge on any atom is -0.368 e. The highest BCUT2D eigenvalue weighted by atomic mass is 79.9. The smallest absolute Gasteiger partial charge is 0.239 e. The Morgan fingerprint density at radius 1 is 1.27 bits per heavy atom. The Morgan fingerprint density at radius 3 is 2.54 bits per heavy atom. The Bertz CT molecular complexity index is 755. The van der Waals surface area contributed by atoms with E-state index in [1.54, 1.807) is 12.4 Å². The van der Waals surface area contributed by atoms with Crippen molar-refractivity contribution >= 4 is 39.1 Å². The van der Waals surface area contributed by atoms with Crippen LogP contribution in [0.5, 0.6) is 0 Å². The van der Waals surface area contributed by atoms with Gasteiger partial charge in [-0.15, -0.1) is 0 Å². The number of hydrogen-bond donors (Lipinski definition) is 1. The van der Waals surface area contributed by atoms with E-state index in [9.17, 15) is 4.79 Å². The van der Waals surface area contributed by atoms with Crippen molar-refractivity contribution in [2.24, 2.45) is 5.73 Å². The normalized spacial score (nSPS) is 15.8. The highest BCUT2D eigenvalue weighted by Crippen LogP contribution is 2.28. The number of rotatable bonds is 4. The summed E-state index contributed by atoms with van der Waals surface area (Å²) in [7, 11) is 0. The van der Waals surface area contributed by atoms with Gasteiger partial charge in [-0.25, -0.2) is 0 Å². The first-order valence-corrected chi connectivity index (χ1v) is 9.76. The second-order valence-corrected chi connectivity index (χ2v) is 7.77. The first-order chi connectivity index (χ1) is 12.5. The van der Waals surface area contributed by atoms with Crippen LogP contribution in [0.1, 0.15) is 11.1 Å². The topological polar surface area (TPSA) is 62.5 Å². The van der Waals surface area contributed by atoms with Gasteiger partial charge in [0.1, 0.15) is 0 Å². The predicted octanol–water partition coefficient (Wildman–Crippen LogP) is 3.02. The van der Waals surface area contributed by atoms with Gasteiger partial charge in [0, 0.05) is 48.7 Å². The fourth-order valence-electron chi connectivity index (χ4n) is 3.23. The Hall–Kier alpha value is -1.63. The molecule has 1 unspecified atom stereocenters. The minimum atomic E-state index is -0.546. The predicted molar refractivity (Wildman–Crippen MR) is 109 cm³/mol. The Morgan fingerprint density at radius 2 is 1.92 bits per heavy atom. The summed E-state index contributed by atoms with van der Waals surface area (Å²) in [6.07, 6.45) is 4.07. The number of pyridine rings is 1. The third-order valence-electron chi connectivity index (χ3n) is 4.66. The lowest BCUT2D eigenvalue weighted by Gasteiger charge is -2.37. The van der Waals surface area contributed by atoms with E-state index in [0.717, 1.165) is 34.4 Å². The summed E-state index contributed by atoms with van der Waals surface area (Å²) in [5.41, 5.74) is 9.32. The Balaban J connectivity index is 1.58. The highest BCUT2D eigenvalue weighted by Gasteiger charge is 2.25. The number of piperazine rings is 1. The molecule has 1 fully saturated rings. The number of hydrogen-bond acceptors (Lipinski definition) is 4. The van der Waals surface area contributed by atoms with Crippen LogP contribution in [0.15, 0.2) is 41.1 Å². The molecule has 1 saturated heterocycles. The maximum absolute atomic E-state index is 12.7. The molecule has 7 heteroatoms. The molecule has 0 radical (unpaired) electrons. The van der Waals surface area contributed by atoms with Gasteiger partial charge in [0.25, 0.3) is 0 Å². The van der Waals surface area contributed by atoms with E-state index in [1.165, 1.54) is 0 Å². The summed E-state index contributed by atoms with van der Waals surface area (Å²) in [5.74, 6) is 0.00287. The van der Waals surface area contributed by atoms with Gasteiger partial charge in [-0.2, -0.15) is 0 Å². The Labute approximate surface area is 167 Å². The molecule has 2 aromatic rings. The Kier molecular flexibility index (Phi) is 6.16. The molecule has 1 aromatic heterocycles. The van der Waals surface area contributed by atoms with E-state index in [0.29, 0.717) is 24.5 Å². The molecule has 1 aromatic carbocycles. The second kappa shape index (κ2) is 8.37. The fraction of sp³-hybridized carbons (Fsp3) is 0.368. The highest BCUT2D eigenvalue weighted by molar-refractivity contribution is 9.10. The number of benzene rings is 1. The summed E-state index contributed by atoms with van der Waals surface area (Å²) in [6, 6.07) is 7.36. The molecule has 1 amide bonds. The lowest BCUT2D eigenvalue weighted by molar-refractivity contribution is -0.132. The number of amides is 1. The van der Waals surface area contributed by atoms with Crippen molar-refractivity contribution in [3.05, 3.63) is 57.3 Å². The van der Waals surface area contributed by atoms with Gasteiger partial charge in [0.05, 0.1) is 11.1 Å². The van der Waals surface area contributed by atoms with E-state index in [-0.39, 0.29) is 5.91 Å². The quantitative estimate of drug-likeness (QED) is 0.799. The standard InChI is InChI=1S/C19H22BrClN4O/c1-13-10-14(11-16(20)18(13)21)12-17(22)19(26)25-8-6-24(7-9-25)15-2-4-23-5-3-15/h2-5,10-11,17H,6-9,12,22H2,1H3. The van der Waals surface area contributed by atoms with Crippen molar-refractivity contribution in [2.75, 3.05) is 31.1 Å². The molecule has 1 atom stereocenters. The van der Waals surface area contributed by atoms with E-state index >= 15 is 0 Å². The van der Waals surface area contributed by atoms with Crippen molar-refractivity contribution in [3.8, 4) is 0 Å². The number of anilines is 1. The minimum absolute atomic E-state index is 0.00287. The monoisotopic (exact) mass is 436 g/mol. The summed E-state index contributed by atoms with van der Waals surface area (Å²) >= 11 is 9.62. The fourth-order valence-corrected chi connectivity index (χ4v) is 3.95. The summed E-state index contributed by atoms with van der Waals surface area (Å²) in [4.78, 5) is 20.9. The van der Waals surface area contributed by atoms with Gasteiger partial charge in [-0.05, 0) is 58.6 Å². The molecule has 0 saturated carbocycles. The van der Waals surface area contributed by atoms with Crippen LogP contribution in [0.4, 0.5) is 5.69 Å². The molecule has 5 nitrogen and oxygen atoms in total. The number of aromatic nitrogens is 1. The average Bonchev–Trinajstić information content (AvgIpc) is 2.66. The van der Waals surface area contributed by atoms with Gasteiger partial charge in [0.15, 0.2) is 0 Å². The van der Waals surface area contributed by atoms with Crippen molar-refractivity contribution in [2.45, 2.75) is 19.4 Å². The molecule has 0 bridgehead atoms. The SMILES string of the molecule is Cc1cc(CC(N)C(=O)N2CCN(c3ccncc3)CC2)cc(Br)c1Cl. The van der Waals surface area contributed by atoms with Crippen molar-refractivity contribution in [1.82, 2.24) is 9.88 Å². The van der Waals surface area contributed by atoms with Crippen LogP contribution < -0.4 is 10.6 Å². The summed E-state index contributed by atoms with van der Waals surface area (Å²) in [5, 5.41) is 0.695. The van der Waals surface area contributed by atoms with Crippen LogP contribution in [-0.2, 0) is 11.2 Å². The molecule has 138 valence electrons. The molecule has 0 aliphatic carbocycles. The van der Waals surface area contributed by atoms with Crippen LogP contribution >= 0.6 is 27.5 Å². The molecular formula is C19H22BrClN4O. The van der Waals surface area contributed by atoms with Gasteiger partial charge in [0.2, 0.25) is 5.91 Å². The van der Waals surface area contributed by atoms with Crippen LogP contribution in [-0.4, -0.2) is 48.0 Å². The van der Waals surface area contributed by atoms with Gasteiger partial charge >= 0.3 is 0 Å². The third kappa shape index (κ3) is 4.37. The largest absolute Gasteiger partial charge is 0.368 e. The van der Waals surface area contributed by atoms with Crippen LogP contribution in [0.2, 0.25) is 5.02 Å². The number of carbonyl (C=O) groups excluding carboxylic acids is 1. The lowest BCUT2D eigenvalue weighted by atomic mass is 10.0. The number of halogens is 2. The van der Waals surface area contributed by atoms with Crippen molar-refractivity contribution < 1.29 is 4.79 Å². The van der Waals surface area contributed by atoms with Crippen molar-refractivity contribution in [1.29, 1.82) is 0 Å². The number of nitrogens with zero attached hydrogens (tertiary/aromatic N) is 3. The molecule has 2 N–H and O–H groups in total. The van der Waals surface area contributed by atoms with Crippen molar-refractivity contribution in [3.63, 3.8) is 0 Å². The zero-order chi connectivity index (χ0) is 18.7. The lowest BCUT2D eigenvalue weighted by Crippen LogP contribution is -2.53. The number of aryl methyl sites for hydroxylation is 1. The summed E-state index contributed by atoms with van der Waals surface area (Å²) < 4.78 is 0.833. The molecule has 1 aliphatic rings. The van der Waals surface area contributed by atoms with Crippen LogP contribution in [0, 0.1) is 6.92 Å². The maximum atomic E-state index is 12.7. The average molecular weight is 438 g/mol. The molecule has 1 aliphatic heterocycles. The van der Waals surface area contributed by atoms with Gasteiger partial charge in [-0.1, -0.05) is 17.7 Å². The molecular weight excluding hydrogens is 416 g/mol. The number of nitrogens with two attached hydrogens (primary N) is 1. The van der Waals surface area contributed by atoms with Gasteiger partial charge in [-0.3, -0.25) is 9.78 Å². The first-order valence-electron chi connectivity index (χ1n) is 8.59. The van der Waals surface area contributed by atoms with Crippen LogP contribution in [0.3, 0.4) is 0 Å². The summed E-state index contributed by atoms with van der Waals surface area (Å²) in [6.45, 7) is 4.90. The molecule has 0 spiro atoms. The van der Waals surface area contributed by atoms with E-state index in [1.807, 2.05) is 36.1 Å². The zero-order valence-electron chi connectivity index (χ0n) is 14.7. The second-order valence-electron chi connectivity index (χ2n) is 6.54. The molecule has 3 rings (SSSR count). The maximum Gasteiger partial charge on any atom is 0.239 e. The molecule has 26 heavy (non-hydrogen) atoms. The van der Waals surface area contributed by atoms with E-state index < -0.39 is 6.04 Å². The number of carbonyl (C=O) groups is 1. The van der Waals surface area contributed by atoms with E-state index in [2.05, 4.69) is 25.8 Å².